The molecule has 3 aromatic rings. The maximum Gasteiger partial charge on any atom is 0.326 e. The number of H-pyrrole nitrogens is 2. The van der Waals surface area contributed by atoms with E-state index in [1.165, 1.54) is 24.3 Å². The summed E-state index contributed by atoms with van der Waals surface area (Å²) in [5.74, 6) is -3.98. The number of hydrogen-bond donors (Lipinski definition) is 8. The summed E-state index contributed by atoms with van der Waals surface area (Å²) in [6.45, 7) is 0. The van der Waals surface area contributed by atoms with Gasteiger partial charge in [0.1, 0.15) is 18.1 Å². The largest absolute Gasteiger partial charge is 0.481 e. The van der Waals surface area contributed by atoms with Crippen LogP contribution < -0.4 is 21.7 Å². The Bertz CT molecular complexity index is 1380. The van der Waals surface area contributed by atoms with Crippen molar-refractivity contribution >= 4 is 52.3 Å². The summed E-state index contributed by atoms with van der Waals surface area (Å²) in [5, 5.41) is 27.3. The third-order valence-corrected chi connectivity index (χ3v) is 7.22. The first-order valence-electron chi connectivity index (χ1n) is 13.2. The van der Waals surface area contributed by atoms with Crippen LogP contribution in [0.2, 0.25) is 0 Å². The van der Waals surface area contributed by atoms with Crippen LogP contribution >= 0.6 is 11.8 Å². The lowest BCUT2D eigenvalue weighted by molar-refractivity contribution is -0.142. The molecule has 0 aliphatic rings. The number of fused-ring (bicyclic) bond motifs is 1. The van der Waals surface area contributed by atoms with Gasteiger partial charge in [0.25, 0.3) is 0 Å². The second kappa shape index (κ2) is 15.6. The van der Waals surface area contributed by atoms with E-state index in [2.05, 4.69) is 30.9 Å². The van der Waals surface area contributed by atoms with Crippen molar-refractivity contribution < 1.29 is 34.2 Å². The van der Waals surface area contributed by atoms with Crippen LogP contribution in [0.25, 0.3) is 10.9 Å². The van der Waals surface area contributed by atoms with Crippen molar-refractivity contribution in [3.8, 4) is 0 Å². The zero-order chi connectivity index (χ0) is 30.6. The Morgan fingerprint density at radius 1 is 0.929 bits per heavy atom. The van der Waals surface area contributed by atoms with Crippen molar-refractivity contribution in [1.82, 2.24) is 30.9 Å². The lowest BCUT2D eigenvalue weighted by Crippen LogP contribution is -2.58. The number of aromatic amines is 2. The third kappa shape index (κ3) is 9.34. The number of nitrogens with zero attached hydrogens (tertiary/aromatic N) is 1. The topological polar surface area (TPSA) is 232 Å². The molecule has 1 aromatic carbocycles. The molecule has 2 aromatic heterocycles. The van der Waals surface area contributed by atoms with Crippen molar-refractivity contribution in [3.63, 3.8) is 0 Å². The molecular weight excluding hydrogens is 566 g/mol. The maximum atomic E-state index is 13.4. The lowest BCUT2D eigenvalue weighted by Gasteiger charge is -2.25. The highest BCUT2D eigenvalue weighted by atomic mass is 32.2. The zero-order valence-corrected chi connectivity index (χ0v) is 23.8. The van der Waals surface area contributed by atoms with Gasteiger partial charge in [-0.3, -0.25) is 19.2 Å². The summed E-state index contributed by atoms with van der Waals surface area (Å²) in [4.78, 5) is 72.2. The number of aliphatic carboxylic acids is 2. The minimum Gasteiger partial charge on any atom is -0.481 e. The van der Waals surface area contributed by atoms with Crippen LogP contribution in [0.1, 0.15) is 30.5 Å². The molecule has 0 fully saturated rings. The molecule has 0 saturated heterocycles. The van der Waals surface area contributed by atoms with Crippen molar-refractivity contribution in [2.45, 2.75) is 56.3 Å². The fourth-order valence-corrected chi connectivity index (χ4v) is 4.76. The molecule has 0 spiro atoms. The van der Waals surface area contributed by atoms with Gasteiger partial charge in [-0.15, -0.1) is 0 Å². The van der Waals surface area contributed by atoms with Gasteiger partial charge in [-0.25, -0.2) is 9.78 Å². The fourth-order valence-electron chi connectivity index (χ4n) is 4.28. The van der Waals surface area contributed by atoms with Gasteiger partial charge in [-0.05, 0) is 36.5 Å². The number of benzene rings is 1. The van der Waals surface area contributed by atoms with Gasteiger partial charge in [-0.1, -0.05) is 18.2 Å². The van der Waals surface area contributed by atoms with Crippen molar-refractivity contribution in [1.29, 1.82) is 0 Å². The highest BCUT2D eigenvalue weighted by Gasteiger charge is 2.31. The molecule has 0 aliphatic carbocycles. The average Bonchev–Trinajstić information content (AvgIpc) is 3.63. The third-order valence-electron chi connectivity index (χ3n) is 6.58. The van der Waals surface area contributed by atoms with Gasteiger partial charge in [0, 0.05) is 48.3 Å². The normalized spacial score (nSPS) is 14.0. The first-order chi connectivity index (χ1) is 20.1. The number of nitrogens with one attached hydrogen (secondary N) is 5. The molecule has 2 heterocycles. The summed E-state index contributed by atoms with van der Waals surface area (Å²) in [6, 6.07) is 2.68. The van der Waals surface area contributed by atoms with E-state index in [9.17, 15) is 29.1 Å². The number of hydrogen-bond acceptors (Lipinski definition) is 8. The summed E-state index contributed by atoms with van der Waals surface area (Å²) >= 11 is 1.44. The second-order valence-electron chi connectivity index (χ2n) is 9.69. The molecule has 0 bridgehead atoms. The molecule has 42 heavy (non-hydrogen) atoms. The number of para-hydroxylation sites is 1. The number of rotatable bonds is 17. The number of carboxylic acid groups (broad SMARTS) is 2. The summed E-state index contributed by atoms with van der Waals surface area (Å²) < 4.78 is 0. The Morgan fingerprint density at radius 3 is 2.29 bits per heavy atom. The Kier molecular flexibility index (Phi) is 11.9. The number of imidazole rings is 1. The summed E-state index contributed by atoms with van der Waals surface area (Å²) in [6.07, 6.45) is 6.13. The van der Waals surface area contributed by atoms with E-state index in [1.807, 2.05) is 30.5 Å². The highest BCUT2D eigenvalue weighted by Crippen LogP contribution is 2.19. The van der Waals surface area contributed by atoms with Crippen molar-refractivity contribution in [2.75, 3.05) is 12.0 Å². The summed E-state index contributed by atoms with van der Waals surface area (Å²) in [7, 11) is 0. The number of aromatic nitrogens is 3. The van der Waals surface area contributed by atoms with Gasteiger partial charge in [0.05, 0.1) is 12.4 Å². The van der Waals surface area contributed by atoms with E-state index in [4.69, 9.17) is 10.8 Å². The van der Waals surface area contributed by atoms with E-state index in [-0.39, 0.29) is 32.1 Å². The van der Waals surface area contributed by atoms with E-state index < -0.39 is 53.8 Å². The average molecular weight is 602 g/mol. The zero-order valence-electron chi connectivity index (χ0n) is 23.0. The molecule has 4 atom stereocenters. The number of amides is 3. The van der Waals surface area contributed by atoms with E-state index >= 15 is 0 Å². The van der Waals surface area contributed by atoms with Crippen LogP contribution in [-0.4, -0.2) is 91.0 Å². The van der Waals surface area contributed by atoms with E-state index in [0.29, 0.717) is 17.0 Å². The number of carbonyl (C=O) groups is 5. The molecule has 3 amide bonds. The second-order valence-corrected chi connectivity index (χ2v) is 10.7. The molecule has 9 N–H and O–H groups in total. The van der Waals surface area contributed by atoms with Crippen LogP contribution in [0.5, 0.6) is 0 Å². The standard InChI is InChI=1S/C27H35N7O7S/c1-42-9-8-20(25(38)34-22(27(40)41)10-15-12-30-19-5-3-2-4-17(15)19)32-26(39)21(11-16-13-29-14-31-16)33-24(37)18(28)6-7-23(35)36/h2-5,12-14,18,20-22,30H,6-11,28H2,1H3,(H,29,31)(H,32,39)(H,33,37)(H,34,38)(H,35,36)(H,40,41). The van der Waals surface area contributed by atoms with Crippen LogP contribution in [0, 0.1) is 0 Å². The van der Waals surface area contributed by atoms with Crippen LogP contribution in [0.4, 0.5) is 0 Å². The van der Waals surface area contributed by atoms with E-state index in [0.717, 1.165) is 10.9 Å². The molecule has 4 unspecified atom stereocenters. The molecule has 3 rings (SSSR count). The number of carbonyl (C=O) groups excluding carboxylic acids is 3. The van der Waals surface area contributed by atoms with Crippen LogP contribution in [0.3, 0.4) is 0 Å². The monoisotopic (exact) mass is 601 g/mol. The van der Waals surface area contributed by atoms with Gasteiger partial charge in [-0.2, -0.15) is 11.8 Å². The van der Waals surface area contributed by atoms with Crippen molar-refractivity contribution in [2.24, 2.45) is 5.73 Å². The Balaban J connectivity index is 1.74. The minimum absolute atomic E-state index is 0.0149. The minimum atomic E-state index is -1.27. The van der Waals surface area contributed by atoms with Gasteiger partial charge in [0.2, 0.25) is 17.7 Å². The molecule has 14 nitrogen and oxygen atoms in total. The molecule has 0 aliphatic heterocycles. The van der Waals surface area contributed by atoms with Crippen molar-refractivity contribution in [3.05, 3.63) is 54.2 Å². The molecular formula is C27H35N7O7S. The van der Waals surface area contributed by atoms with Crippen LogP contribution in [-0.2, 0) is 36.8 Å². The quantitative estimate of drug-likeness (QED) is 0.104. The first kappa shape index (κ1) is 32.1. The molecule has 0 saturated carbocycles. The SMILES string of the molecule is CSCCC(NC(=O)C(Cc1cnc[nH]1)NC(=O)C(N)CCC(=O)O)C(=O)NC(Cc1c[nH]c2ccccc12)C(=O)O. The predicted molar refractivity (Wildman–Crippen MR) is 156 cm³/mol. The number of thioether (sulfide) groups is 1. The Labute approximate surface area is 245 Å². The lowest BCUT2D eigenvalue weighted by atomic mass is 10.0. The van der Waals surface area contributed by atoms with Gasteiger partial charge < -0.3 is 41.9 Å². The Morgan fingerprint density at radius 2 is 1.62 bits per heavy atom. The smallest absolute Gasteiger partial charge is 0.326 e. The number of carboxylic acids is 2. The first-order valence-corrected chi connectivity index (χ1v) is 14.6. The highest BCUT2D eigenvalue weighted by molar-refractivity contribution is 7.98. The Hall–Kier alpha value is -4.37. The van der Waals surface area contributed by atoms with Crippen LogP contribution in [0.15, 0.2) is 43.0 Å². The summed E-state index contributed by atoms with van der Waals surface area (Å²) in [5.41, 5.74) is 7.89. The molecule has 226 valence electrons. The molecule has 0 radical (unpaired) electrons. The van der Waals surface area contributed by atoms with Gasteiger partial charge >= 0.3 is 11.9 Å². The maximum absolute atomic E-state index is 13.4. The fraction of sp³-hybridized carbons (Fsp3) is 0.407. The predicted octanol–water partition coefficient (Wildman–Crippen LogP) is 0.160. The van der Waals surface area contributed by atoms with E-state index in [1.54, 1.807) is 6.20 Å². The number of nitrogens with two attached hydrogens (primary N) is 1. The molecule has 15 heteroatoms. The van der Waals surface area contributed by atoms with Gasteiger partial charge in [0.15, 0.2) is 0 Å².